The molecule has 0 bridgehead atoms. The molecule has 1 heterocycles. The van der Waals surface area contributed by atoms with Crippen molar-refractivity contribution in [3.8, 4) is 0 Å². The van der Waals surface area contributed by atoms with Crippen LogP contribution in [0.25, 0.3) is 0 Å². The van der Waals surface area contributed by atoms with E-state index in [0.717, 1.165) is 4.90 Å². The van der Waals surface area contributed by atoms with E-state index >= 15 is 0 Å². The molecule has 1 aromatic carbocycles. The molecule has 1 saturated heterocycles. The molecule has 114 valence electrons. The summed E-state index contributed by atoms with van der Waals surface area (Å²) in [5, 5.41) is 9.25. The first-order valence-corrected chi connectivity index (χ1v) is 7.76. The molecule has 1 aliphatic rings. The molecule has 0 aromatic heterocycles. The van der Waals surface area contributed by atoms with Gasteiger partial charge < -0.3 is 14.7 Å². The van der Waals surface area contributed by atoms with Gasteiger partial charge in [-0.1, -0.05) is 11.6 Å². The Morgan fingerprint density at radius 1 is 1.38 bits per heavy atom. The van der Waals surface area contributed by atoms with Crippen molar-refractivity contribution in [3.63, 3.8) is 0 Å². The molecule has 1 fully saturated rings. The van der Waals surface area contributed by atoms with Crippen LogP contribution < -0.4 is 0 Å². The van der Waals surface area contributed by atoms with Gasteiger partial charge in [-0.15, -0.1) is 11.8 Å². The normalized spacial score (nSPS) is 16.4. The van der Waals surface area contributed by atoms with Crippen molar-refractivity contribution in [3.05, 3.63) is 29.3 Å². The molecule has 1 aromatic rings. The highest BCUT2D eigenvalue weighted by atomic mass is 35.5. The minimum Gasteiger partial charge on any atom is -0.480 e. The SMILES string of the molecule is CC1(OCC(=O)O)CN(C(=O)CSc2ccc(Cl)cc2)C1. The molecule has 0 atom stereocenters. The molecule has 0 unspecified atom stereocenters. The standard InChI is InChI=1S/C14H16ClNO4S/c1-14(20-6-13(18)19)8-16(9-14)12(17)7-21-11-4-2-10(15)3-5-11/h2-5H,6-9H2,1H3,(H,18,19). The Balaban J connectivity index is 1.73. The Bertz CT molecular complexity index is 528. The van der Waals surface area contributed by atoms with E-state index in [1.807, 2.05) is 19.1 Å². The molecule has 0 radical (unpaired) electrons. The Hall–Kier alpha value is -1.24. The molecule has 0 saturated carbocycles. The molecular weight excluding hydrogens is 314 g/mol. The fourth-order valence-electron chi connectivity index (χ4n) is 2.03. The van der Waals surface area contributed by atoms with Gasteiger partial charge in [-0.25, -0.2) is 4.79 Å². The Labute approximate surface area is 132 Å². The molecule has 0 spiro atoms. The number of hydrogen-bond acceptors (Lipinski definition) is 4. The average molecular weight is 330 g/mol. The van der Waals surface area contributed by atoms with Gasteiger partial charge in [0.2, 0.25) is 5.91 Å². The highest BCUT2D eigenvalue weighted by Gasteiger charge is 2.42. The first kappa shape index (κ1) is 16.1. The van der Waals surface area contributed by atoms with Crippen LogP contribution in [-0.2, 0) is 14.3 Å². The third-order valence-electron chi connectivity index (χ3n) is 3.12. The lowest BCUT2D eigenvalue weighted by Gasteiger charge is -2.47. The largest absolute Gasteiger partial charge is 0.480 e. The average Bonchev–Trinajstić information content (AvgIpc) is 2.41. The van der Waals surface area contributed by atoms with E-state index in [1.54, 1.807) is 17.0 Å². The number of ether oxygens (including phenoxy) is 1. The van der Waals surface area contributed by atoms with Gasteiger partial charge in [-0.05, 0) is 31.2 Å². The summed E-state index contributed by atoms with van der Waals surface area (Å²) in [5.74, 6) is -0.637. The molecule has 5 nitrogen and oxygen atoms in total. The van der Waals surface area contributed by atoms with Crippen LogP contribution in [0.5, 0.6) is 0 Å². The van der Waals surface area contributed by atoms with Crippen LogP contribution in [0.2, 0.25) is 5.02 Å². The molecule has 1 amide bonds. The molecule has 1 N–H and O–H groups in total. The summed E-state index contributed by atoms with van der Waals surface area (Å²) in [4.78, 5) is 25.1. The first-order valence-electron chi connectivity index (χ1n) is 6.40. The second-order valence-electron chi connectivity index (χ2n) is 5.12. The predicted octanol–water partition coefficient (Wildman–Crippen LogP) is 2.13. The molecule has 0 aliphatic carbocycles. The van der Waals surface area contributed by atoms with Crippen molar-refractivity contribution in [2.24, 2.45) is 0 Å². The number of aliphatic carboxylic acids is 1. The van der Waals surface area contributed by atoms with Crippen LogP contribution >= 0.6 is 23.4 Å². The third-order valence-corrected chi connectivity index (χ3v) is 4.37. The van der Waals surface area contributed by atoms with Crippen molar-refractivity contribution < 1.29 is 19.4 Å². The number of carbonyl (C=O) groups is 2. The summed E-state index contributed by atoms with van der Waals surface area (Å²) in [7, 11) is 0. The fourth-order valence-corrected chi connectivity index (χ4v) is 2.96. The Morgan fingerprint density at radius 2 is 2.00 bits per heavy atom. The lowest BCUT2D eigenvalue weighted by Crippen LogP contribution is -2.63. The van der Waals surface area contributed by atoms with Crippen molar-refractivity contribution in [2.75, 3.05) is 25.4 Å². The monoisotopic (exact) mass is 329 g/mol. The van der Waals surface area contributed by atoms with E-state index in [0.29, 0.717) is 23.9 Å². The number of hydrogen-bond donors (Lipinski definition) is 1. The fraction of sp³-hybridized carbons (Fsp3) is 0.429. The van der Waals surface area contributed by atoms with Crippen LogP contribution in [0.15, 0.2) is 29.2 Å². The quantitative estimate of drug-likeness (QED) is 0.810. The summed E-state index contributed by atoms with van der Waals surface area (Å²) in [5.41, 5.74) is -0.543. The maximum atomic E-state index is 12.0. The highest BCUT2D eigenvalue weighted by molar-refractivity contribution is 8.00. The van der Waals surface area contributed by atoms with E-state index in [-0.39, 0.29) is 12.5 Å². The molecular formula is C14H16ClNO4S. The summed E-state index contributed by atoms with van der Waals surface area (Å²) in [6.45, 7) is 2.34. The number of benzene rings is 1. The van der Waals surface area contributed by atoms with Crippen molar-refractivity contribution in [1.29, 1.82) is 0 Å². The zero-order chi connectivity index (χ0) is 15.5. The van der Waals surface area contributed by atoms with Crippen molar-refractivity contribution in [2.45, 2.75) is 17.4 Å². The highest BCUT2D eigenvalue weighted by Crippen LogP contribution is 2.27. The van der Waals surface area contributed by atoms with Crippen LogP contribution in [0.3, 0.4) is 0 Å². The van der Waals surface area contributed by atoms with Crippen LogP contribution in [0.1, 0.15) is 6.92 Å². The first-order chi connectivity index (χ1) is 9.88. The van der Waals surface area contributed by atoms with Gasteiger partial charge in [0.1, 0.15) is 12.2 Å². The molecule has 2 rings (SSSR count). The van der Waals surface area contributed by atoms with Gasteiger partial charge in [0.25, 0.3) is 0 Å². The minimum atomic E-state index is -1.00. The van der Waals surface area contributed by atoms with Crippen molar-refractivity contribution in [1.82, 2.24) is 4.90 Å². The number of carboxylic acids is 1. The molecule has 1 aliphatic heterocycles. The number of likely N-dealkylation sites (tertiary alicyclic amines) is 1. The maximum Gasteiger partial charge on any atom is 0.329 e. The number of amides is 1. The van der Waals surface area contributed by atoms with Crippen molar-refractivity contribution >= 4 is 35.2 Å². The lowest BCUT2D eigenvalue weighted by molar-refractivity contribution is -0.171. The van der Waals surface area contributed by atoms with E-state index in [9.17, 15) is 9.59 Å². The smallest absolute Gasteiger partial charge is 0.329 e. The van der Waals surface area contributed by atoms with Crippen LogP contribution in [0, 0.1) is 0 Å². The number of carboxylic acid groups (broad SMARTS) is 1. The van der Waals surface area contributed by atoms with Crippen LogP contribution in [-0.4, -0.2) is 52.9 Å². The maximum absolute atomic E-state index is 12.0. The topological polar surface area (TPSA) is 66.8 Å². The third kappa shape index (κ3) is 4.62. The van der Waals surface area contributed by atoms with Gasteiger partial charge in [0.15, 0.2) is 0 Å². The second-order valence-corrected chi connectivity index (χ2v) is 6.61. The van der Waals surface area contributed by atoms with E-state index in [2.05, 4.69) is 0 Å². The van der Waals surface area contributed by atoms with Gasteiger partial charge in [-0.2, -0.15) is 0 Å². The van der Waals surface area contributed by atoms with Gasteiger partial charge in [0, 0.05) is 9.92 Å². The van der Waals surface area contributed by atoms with E-state index in [4.69, 9.17) is 21.4 Å². The minimum absolute atomic E-state index is 0.0198. The summed E-state index contributed by atoms with van der Waals surface area (Å²) in [6.07, 6.45) is 0. The van der Waals surface area contributed by atoms with Gasteiger partial charge in [0.05, 0.1) is 18.8 Å². The number of nitrogens with zero attached hydrogens (tertiary/aromatic N) is 1. The Morgan fingerprint density at radius 3 is 2.57 bits per heavy atom. The number of thioether (sulfide) groups is 1. The second kappa shape index (κ2) is 6.68. The lowest BCUT2D eigenvalue weighted by atomic mass is 9.96. The molecule has 21 heavy (non-hydrogen) atoms. The van der Waals surface area contributed by atoms with Gasteiger partial charge in [-0.3, -0.25) is 4.79 Å². The number of halogens is 1. The molecule has 7 heteroatoms. The predicted molar refractivity (Wildman–Crippen MR) is 80.7 cm³/mol. The number of carbonyl (C=O) groups excluding carboxylic acids is 1. The summed E-state index contributed by atoms with van der Waals surface area (Å²) in [6, 6.07) is 7.32. The van der Waals surface area contributed by atoms with E-state index < -0.39 is 11.6 Å². The number of rotatable bonds is 6. The zero-order valence-electron chi connectivity index (χ0n) is 11.5. The Kier molecular flexibility index (Phi) is 5.13. The summed E-state index contributed by atoms with van der Waals surface area (Å²) >= 11 is 7.25. The van der Waals surface area contributed by atoms with E-state index in [1.165, 1.54) is 11.8 Å². The summed E-state index contributed by atoms with van der Waals surface area (Å²) < 4.78 is 5.27. The van der Waals surface area contributed by atoms with Gasteiger partial charge >= 0.3 is 5.97 Å². The zero-order valence-corrected chi connectivity index (χ0v) is 13.1. The van der Waals surface area contributed by atoms with Crippen LogP contribution in [0.4, 0.5) is 0 Å².